The van der Waals surface area contributed by atoms with Gasteiger partial charge in [0.25, 0.3) is 0 Å². The van der Waals surface area contributed by atoms with Crippen LogP contribution in [0.15, 0.2) is 47.9 Å². The standard InChI is InChI=1S/C19H18FN5OS/c1-12-4-7-16(15(20)9-12)22-17(26)11-27-19-24-23-18(25(19)14-5-6-14)13-3-2-8-21-10-13/h2-4,7-10,14H,5-6,11H2,1H3,(H,22,26). The van der Waals surface area contributed by atoms with Crippen LogP contribution in [0.3, 0.4) is 0 Å². The van der Waals surface area contributed by atoms with Gasteiger partial charge in [-0.2, -0.15) is 0 Å². The lowest BCUT2D eigenvalue weighted by molar-refractivity contribution is -0.113. The monoisotopic (exact) mass is 383 g/mol. The van der Waals surface area contributed by atoms with Crippen molar-refractivity contribution in [1.82, 2.24) is 19.7 Å². The summed E-state index contributed by atoms with van der Waals surface area (Å²) in [6, 6.07) is 8.88. The van der Waals surface area contributed by atoms with E-state index in [0.29, 0.717) is 11.2 Å². The molecule has 1 saturated carbocycles. The molecule has 0 spiro atoms. The average molecular weight is 383 g/mol. The zero-order valence-electron chi connectivity index (χ0n) is 14.7. The highest BCUT2D eigenvalue weighted by molar-refractivity contribution is 7.99. The van der Waals surface area contributed by atoms with Gasteiger partial charge in [-0.05, 0) is 49.6 Å². The first-order valence-corrected chi connectivity index (χ1v) is 9.64. The van der Waals surface area contributed by atoms with Crippen LogP contribution in [0.4, 0.5) is 10.1 Å². The fourth-order valence-corrected chi connectivity index (χ4v) is 3.57. The first-order valence-electron chi connectivity index (χ1n) is 8.66. The lowest BCUT2D eigenvalue weighted by Gasteiger charge is -2.09. The van der Waals surface area contributed by atoms with Gasteiger partial charge in [-0.25, -0.2) is 4.39 Å². The van der Waals surface area contributed by atoms with Gasteiger partial charge in [0.15, 0.2) is 11.0 Å². The summed E-state index contributed by atoms with van der Waals surface area (Å²) in [7, 11) is 0. The largest absolute Gasteiger partial charge is 0.323 e. The van der Waals surface area contributed by atoms with Crippen molar-refractivity contribution in [3.8, 4) is 11.4 Å². The molecule has 138 valence electrons. The Morgan fingerprint density at radius 2 is 2.19 bits per heavy atom. The molecule has 2 aromatic heterocycles. The van der Waals surface area contributed by atoms with Gasteiger partial charge in [0.1, 0.15) is 5.82 Å². The van der Waals surface area contributed by atoms with Gasteiger partial charge in [0, 0.05) is 24.0 Å². The van der Waals surface area contributed by atoms with Crippen molar-refractivity contribution < 1.29 is 9.18 Å². The Bertz CT molecular complexity index is 971. The summed E-state index contributed by atoms with van der Waals surface area (Å²) >= 11 is 1.30. The highest BCUT2D eigenvalue weighted by Crippen LogP contribution is 2.40. The first-order chi connectivity index (χ1) is 13.1. The second-order valence-corrected chi connectivity index (χ2v) is 7.41. The second kappa shape index (κ2) is 7.48. The molecule has 1 aliphatic rings. The topological polar surface area (TPSA) is 72.7 Å². The number of halogens is 1. The van der Waals surface area contributed by atoms with E-state index in [1.165, 1.54) is 17.8 Å². The van der Waals surface area contributed by atoms with Crippen LogP contribution in [0.25, 0.3) is 11.4 Å². The Hall–Kier alpha value is -2.74. The zero-order valence-corrected chi connectivity index (χ0v) is 15.5. The van der Waals surface area contributed by atoms with Crippen LogP contribution < -0.4 is 5.32 Å². The van der Waals surface area contributed by atoms with Gasteiger partial charge >= 0.3 is 0 Å². The SMILES string of the molecule is Cc1ccc(NC(=O)CSc2nnc(-c3cccnc3)n2C2CC2)c(F)c1. The Morgan fingerprint density at radius 3 is 2.89 bits per heavy atom. The molecule has 8 heteroatoms. The lowest BCUT2D eigenvalue weighted by atomic mass is 10.2. The van der Waals surface area contributed by atoms with Crippen LogP contribution >= 0.6 is 11.8 Å². The number of hydrogen-bond acceptors (Lipinski definition) is 5. The van der Waals surface area contributed by atoms with Crippen molar-refractivity contribution in [2.24, 2.45) is 0 Å². The fraction of sp³-hybridized carbons (Fsp3) is 0.263. The number of hydrogen-bond donors (Lipinski definition) is 1. The van der Waals surface area contributed by atoms with E-state index in [9.17, 15) is 9.18 Å². The van der Waals surface area contributed by atoms with E-state index < -0.39 is 5.82 Å². The smallest absolute Gasteiger partial charge is 0.234 e. The number of carbonyl (C=O) groups excluding carboxylic acids is 1. The number of anilines is 1. The minimum atomic E-state index is -0.437. The van der Waals surface area contributed by atoms with Crippen LogP contribution in [0, 0.1) is 12.7 Å². The van der Waals surface area contributed by atoms with Gasteiger partial charge in [-0.1, -0.05) is 17.8 Å². The van der Waals surface area contributed by atoms with Crippen molar-refractivity contribution in [3.63, 3.8) is 0 Å². The molecule has 0 bridgehead atoms. The quantitative estimate of drug-likeness (QED) is 0.655. The highest BCUT2D eigenvalue weighted by atomic mass is 32.2. The number of nitrogens with zero attached hydrogens (tertiary/aromatic N) is 4. The molecule has 27 heavy (non-hydrogen) atoms. The predicted molar refractivity (Wildman–Crippen MR) is 102 cm³/mol. The molecule has 0 aliphatic heterocycles. The molecule has 0 unspecified atom stereocenters. The van der Waals surface area contributed by atoms with Crippen molar-refractivity contribution >= 4 is 23.4 Å². The number of aromatic nitrogens is 4. The van der Waals surface area contributed by atoms with Crippen molar-refractivity contribution in [2.75, 3.05) is 11.1 Å². The summed E-state index contributed by atoms with van der Waals surface area (Å²) in [5.41, 5.74) is 1.89. The Morgan fingerprint density at radius 1 is 1.33 bits per heavy atom. The van der Waals surface area contributed by atoms with Crippen molar-refractivity contribution in [1.29, 1.82) is 0 Å². The van der Waals surface area contributed by atoms with E-state index in [4.69, 9.17) is 0 Å². The summed E-state index contributed by atoms with van der Waals surface area (Å²) in [5.74, 6) is 0.174. The van der Waals surface area contributed by atoms with Crippen molar-refractivity contribution in [2.45, 2.75) is 31.0 Å². The Kier molecular flexibility index (Phi) is 4.89. The molecule has 4 rings (SSSR count). The molecule has 0 radical (unpaired) electrons. The number of thioether (sulfide) groups is 1. The third-order valence-corrected chi connectivity index (χ3v) is 5.17. The Labute approximate surface area is 160 Å². The molecule has 0 saturated heterocycles. The minimum Gasteiger partial charge on any atom is -0.323 e. The number of rotatable bonds is 6. The number of carbonyl (C=O) groups is 1. The van der Waals surface area contributed by atoms with E-state index in [1.54, 1.807) is 31.5 Å². The molecule has 3 aromatic rings. The van der Waals surface area contributed by atoms with Gasteiger partial charge in [0.05, 0.1) is 11.4 Å². The number of amides is 1. The van der Waals surface area contributed by atoms with Crippen LogP contribution in [-0.2, 0) is 4.79 Å². The summed E-state index contributed by atoms with van der Waals surface area (Å²) < 4.78 is 16.0. The second-order valence-electron chi connectivity index (χ2n) is 6.47. The summed E-state index contributed by atoms with van der Waals surface area (Å²) in [5, 5.41) is 11.8. The maximum atomic E-state index is 13.9. The molecule has 2 heterocycles. The van der Waals surface area contributed by atoms with E-state index >= 15 is 0 Å². The maximum absolute atomic E-state index is 13.9. The van der Waals surface area contributed by atoms with Crippen LogP contribution in [0.5, 0.6) is 0 Å². The van der Waals surface area contributed by atoms with E-state index in [0.717, 1.165) is 29.8 Å². The highest BCUT2D eigenvalue weighted by Gasteiger charge is 2.30. The minimum absolute atomic E-state index is 0.130. The molecular weight excluding hydrogens is 365 g/mol. The number of benzene rings is 1. The van der Waals surface area contributed by atoms with Gasteiger partial charge in [-0.15, -0.1) is 10.2 Å². The Balaban J connectivity index is 1.47. The molecule has 1 N–H and O–H groups in total. The lowest BCUT2D eigenvalue weighted by Crippen LogP contribution is -2.15. The fourth-order valence-electron chi connectivity index (χ4n) is 2.77. The number of nitrogens with one attached hydrogen (secondary N) is 1. The molecular formula is C19H18FN5OS. The van der Waals surface area contributed by atoms with Crippen LogP contribution in [0.2, 0.25) is 0 Å². The first kappa shape index (κ1) is 17.7. The van der Waals surface area contributed by atoms with Gasteiger partial charge < -0.3 is 5.32 Å². The molecule has 1 aromatic carbocycles. The maximum Gasteiger partial charge on any atom is 0.234 e. The van der Waals surface area contributed by atoms with Crippen LogP contribution in [0.1, 0.15) is 24.4 Å². The zero-order chi connectivity index (χ0) is 18.8. The van der Waals surface area contributed by atoms with E-state index in [2.05, 4.69) is 25.1 Å². The van der Waals surface area contributed by atoms with E-state index in [1.807, 2.05) is 12.1 Å². The summed E-state index contributed by atoms with van der Waals surface area (Å²) in [4.78, 5) is 16.4. The molecule has 1 amide bonds. The van der Waals surface area contributed by atoms with Crippen LogP contribution in [-0.4, -0.2) is 31.4 Å². The number of pyridine rings is 1. The predicted octanol–water partition coefficient (Wildman–Crippen LogP) is 3.85. The molecule has 0 atom stereocenters. The molecule has 6 nitrogen and oxygen atoms in total. The normalized spacial score (nSPS) is 13.6. The summed E-state index contributed by atoms with van der Waals surface area (Å²) in [6.07, 6.45) is 5.61. The summed E-state index contributed by atoms with van der Waals surface area (Å²) in [6.45, 7) is 1.80. The third kappa shape index (κ3) is 4.00. The van der Waals surface area contributed by atoms with Gasteiger partial charge in [0.2, 0.25) is 5.91 Å². The van der Waals surface area contributed by atoms with E-state index in [-0.39, 0.29) is 17.3 Å². The molecule has 1 fully saturated rings. The average Bonchev–Trinajstić information content (AvgIpc) is 3.42. The number of aryl methyl sites for hydroxylation is 1. The van der Waals surface area contributed by atoms with Gasteiger partial charge in [-0.3, -0.25) is 14.3 Å². The molecule has 1 aliphatic carbocycles. The van der Waals surface area contributed by atoms with Crippen molar-refractivity contribution in [3.05, 3.63) is 54.1 Å². The third-order valence-electron chi connectivity index (χ3n) is 4.23.